The molecular weight excluding hydrogens is 278 g/mol. The first-order chi connectivity index (χ1) is 10.2. The fourth-order valence-corrected chi connectivity index (χ4v) is 2.09. The SMILES string of the molecule is CCn1ccc(CNC(CNC(=O)OC(C)(C)C)C(C)C)c1. The van der Waals surface area contributed by atoms with Crippen LogP contribution in [-0.4, -0.2) is 28.8 Å². The first kappa shape index (κ1) is 18.6. The maximum atomic E-state index is 11.7. The van der Waals surface area contributed by atoms with Crippen molar-refractivity contribution in [3.63, 3.8) is 0 Å². The number of hydrogen-bond donors (Lipinski definition) is 2. The number of carbonyl (C=O) groups excluding carboxylic acids is 1. The first-order valence-corrected chi connectivity index (χ1v) is 8.06. The average Bonchev–Trinajstić information content (AvgIpc) is 2.84. The number of ether oxygens (including phenoxy) is 1. The molecule has 1 amide bonds. The van der Waals surface area contributed by atoms with E-state index in [4.69, 9.17) is 4.74 Å². The summed E-state index contributed by atoms with van der Waals surface area (Å²) < 4.78 is 7.42. The summed E-state index contributed by atoms with van der Waals surface area (Å²) in [6, 6.07) is 2.33. The Labute approximate surface area is 134 Å². The van der Waals surface area contributed by atoms with E-state index in [-0.39, 0.29) is 12.1 Å². The largest absolute Gasteiger partial charge is 0.444 e. The Morgan fingerprint density at radius 2 is 2.05 bits per heavy atom. The molecule has 1 aromatic rings. The zero-order chi connectivity index (χ0) is 16.8. The Balaban J connectivity index is 2.43. The van der Waals surface area contributed by atoms with Crippen LogP contribution in [0.1, 0.15) is 47.1 Å². The monoisotopic (exact) mass is 309 g/mol. The maximum absolute atomic E-state index is 11.7. The van der Waals surface area contributed by atoms with Crippen LogP contribution in [0, 0.1) is 5.92 Å². The summed E-state index contributed by atoms with van der Waals surface area (Å²) in [6.45, 7) is 14.3. The van der Waals surface area contributed by atoms with E-state index in [2.05, 4.69) is 54.4 Å². The van der Waals surface area contributed by atoms with E-state index in [1.807, 2.05) is 20.8 Å². The smallest absolute Gasteiger partial charge is 0.407 e. The van der Waals surface area contributed by atoms with Gasteiger partial charge >= 0.3 is 6.09 Å². The molecule has 0 aliphatic rings. The number of rotatable bonds is 7. The molecule has 0 saturated heterocycles. The molecule has 0 aromatic carbocycles. The van der Waals surface area contributed by atoms with E-state index < -0.39 is 5.60 Å². The number of nitrogens with zero attached hydrogens (tertiary/aromatic N) is 1. The van der Waals surface area contributed by atoms with Gasteiger partial charge in [-0.3, -0.25) is 0 Å². The van der Waals surface area contributed by atoms with Gasteiger partial charge in [-0.15, -0.1) is 0 Å². The summed E-state index contributed by atoms with van der Waals surface area (Å²) >= 11 is 0. The van der Waals surface area contributed by atoms with Gasteiger partial charge in [0.25, 0.3) is 0 Å². The second-order valence-electron chi connectivity index (χ2n) is 6.96. The lowest BCUT2D eigenvalue weighted by Gasteiger charge is -2.24. The van der Waals surface area contributed by atoms with E-state index >= 15 is 0 Å². The van der Waals surface area contributed by atoms with Crippen molar-refractivity contribution < 1.29 is 9.53 Å². The van der Waals surface area contributed by atoms with E-state index in [0.29, 0.717) is 12.5 Å². The molecule has 0 aliphatic heterocycles. The summed E-state index contributed by atoms with van der Waals surface area (Å²) in [5.74, 6) is 0.420. The molecule has 0 spiro atoms. The second-order valence-corrected chi connectivity index (χ2v) is 6.96. The van der Waals surface area contributed by atoms with Gasteiger partial charge in [-0.2, -0.15) is 0 Å². The van der Waals surface area contributed by atoms with Crippen molar-refractivity contribution in [2.45, 2.75) is 66.3 Å². The minimum Gasteiger partial charge on any atom is -0.444 e. The molecule has 0 fully saturated rings. The highest BCUT2D eigenvalue weighted by Gasteiger charge is 2.18. The van der Waals surface area contributed by atoms with Gasteiger partial charge in [0, 0.05) is 38.1 Å². The molecule has 1 heterocycles. The van der Waals surface area contributed by atoms with Gasteiger partial charge in [-0.25, -0.2) is 4.79 Å². The molecule has 1 atom stereocenters. The van der Waals surface area contributed by atoms with E-state index in [1.165, 1.54) is 5.56 Å². The van der Waals surface area contributed by atoms with Gasteiger partial charge in [-0.05, 0) is 45.2 Å². The number of amides is 1. The van der Waals surface area contributed by atoms with Crippen LogP contribution >= 0.6 is 0 Å². The lowest BCUT2D eigenvalue weighted by Crippen LogP contribution is -2.45. The van der Waals surface area contributed by atoms with Crippen LogP contribution in [0.3, 0.4) is 0 Å². The summed E-state index contributed by atoms with van der Waals surface area (Å²) in [6.07, 6.45) is 3.86. The summed E-state index contributed by atoms with van der Waals surface area (Å²) in [4.78, 5) is 11.7. The molecule has 126 valence electrons. The van der Waals surface area contributed by atoms with Crippen LogP contribution in [0.15, 0.2) is 18.5 Å². The molecule has 0 bridgehead atoms. The number of nitrogens with one attached hydrogen (secondary N) is 2. The van der Waals surface area contributed by atoms with Crippen molar-refractivity contribution in [1.29, 1.82) is 0 Å². The number of aryl methyl sites for hydroxylation is 1. The highest BCUT2D eigenvalue weighted by atomic mass is 16.6. The minimum atomic E-state index is -0.464. The van der Waals surface area contributed by atoms with Crippen molar-refractivity contribution >= 4 is 6.09 Å². The van der Waals surface area contributed by atoms with Crippen molar-refractivity contribution in [3.8, 4) is 0 Å². The van der Waals surface area contributed by atoms with Gasteiger partial charge in [0.05, 0.1) is 0 Å². The highest BCUT2D eigenvalue weighted by molar-refractivity contribution is 5.67. The fourth-order valence-electron chi connectivity index (χ4n) is 2.09. The van der Waals surface area contributed by atoms with Crippen molar-refractivity contribution in [3.05, 3.63) is 24.0 Å². The molecule has 1 unspecified atom stereocenters. The molecule has 0 saturated carbocycles. The van der Waals surface area contributed by atoms with Gasteiger partial charge in [0.15, 0.2) is 0 Å². The van der Waals surface area contributed by atoms with Crippen LogP contribution in [0.2, 0.25) is 0 Å². The Hall–Kier alpha value is -1.49. The highest BCUT2D eigenvalue weighted by Crippen LogP contribution is 2.08. The predicted octanol–water partition coefficient (Wildman–Crippen LogP) is 3.15. The third-order valence-electron chi connectivity index (χ3n) is 3.42. The van der Waals surface area contributed by atoms with Crippen molar-refractivity contribution in [1.82, 2.24) is 15.2 Å². The summed E-state index contributed by atoms with van der Waals surface area (Å²) in [5.41, 5.74) is 0.790. The Morgan fingerprint density at radius 3 is 2.55 bits per heavy atom. The van der Waals surface area contributed by atoms with Gasteiger partial charge in [0.2, 0.25) is 0 Å². The lowest BCUT2D eigenvalue weighted by atomic mass is 10.0. The first-order valence-electron chi connectivity index (χ1n) is 8.06. The van der Waals surface area contributed by atoms with E-state index in [9.17, 15) is 4.79 Å². The Morgan fingerprint density at radius 1 is 1.36 bits per heavy atom. The third-order valence-corrected chi connectivity index (χ3v) is 3.42. The maximum Gasteiger partial charge on any atom is 0.407 e. The average molecular weight is 309 g/mol. The fraction of sp³-hybridized carbons (Fsp3) is 0.706. The van der Waals surface area contributed by atoms with Crippen molar-refractivity contribution in [2.24, 2.45) is 5.92 Å². The number of aromatic nitrogens is 1. The predicted molar refractivity (Wildman–Crippen MR) is 89.8 cm³/mol. The van der Waals surface area contributed by atoms with Gasteiger partial charge in [0.1, 0.15) is 5.60 Å². The second kappa shape index (κ2) is 8.22. The van der Waals surface area contributed by atoms with Gasteiger partial charge in [-0.1, -0.05) is 13.8 Å². The number of alkyl carbamates (subject to hydrolysis) is 1. The molecule has 5 heteroatoms. The summed E-state index contributed by atoms with van der Waals surface area (Å²) in [5, 5.41) is 6.35. The molecular formula is C17H31N3O2. The third kappa shape index (κ3) is 6.98. The number of carbonyl (C=O) groups is 1. The van der Waals surface area contributed by atoms with Crippen LogP contribution < -0.4 is 10.6 Å². The molecule has 0 aliphatic carbocycles. The van der Waals surface area contributed by atoms with Crippen LogP contribution in [-0.2, 0) is 17.8 Å². The zero-order valence-electron chi connectivity index (χ0n) is 14.8. The van der Waals surface area contributed by atoms with E-state index in [0.717, 1.165) is 13.1 Å². The van der Waals surface area contributed by atoms with E-state index in [1.54, 1.807) is 0 Å². The Bertz CT molecular complexity index is 461. The molecule has 1 rings (SSSR count). The molecule has 1 aromatic heterocycles. The van der Waals surface area contributed by atoms with Crippen LogP contribution in [0.5, 0.6) is 0 Å². The van der Waals surface area contributed by atoms with Gasteiger partial charge < -0.3 is 19.9 Å². The normalized spacial score (nSPS) is 13.2. The molecule has 22 heavy (non-hydrogen) atoms. The summed E-state index contributed by atoms with van der Waals surface area (Å²) in [7, 11) is 0. The number of hydrogen-bond acceptors (Lipinski definition) is 3. The van der Waals surface area contributed by atoms with Crippen LogP contribution in [0.25, 0.3) is 0 Å². The standard InChI is InChI=1S/C17H31N3O2/c1-7-20-9-8-14(12-20)10-18-15(13(2)3)11-19-16(21)22-17(4,5)6/h8-9,12-13,15,18H,7,10-11H2,1-6H3,(H,19,21). The lowest BCUT2D eigenvalue weighted by molar-refractivity contribution is 0.0519. The molecule has 0 radical (unpaired) electrons. The van der Waals surface area contributed by atoms with Crippen molar-refractivity contribution in [2.75, 3.05) is 6.54 Å². The molecule has 5 nitrogen and oxygen atoms in total. The zero-order valence-corrected chi connectivity index (χ0v) is 14.8. The van der Waals surface area contributed by atoms with Crippen LogP contribution in [0.4, 0.5) is 4.79 Å². The minimum absolute atomic E-state index is 0.206. The Kier molecular flexibility index (Phi) is 6.94. The molecule has 2 N–H and O–H groups in total. The quantitative estimate of drug-likeness (QED) is 0.813. The topological polar surface area (TPSA) is 55.3 Å².